The Bertz CT molecular complexity index is 910. The minimum atomic E-state index is -0.563. The van der Waals surface area contributed by atoms with Gasteiger partial charge in [-0.15, -0.1) is 0 Å². The van der Waals surface area contributed by atoms with E-state index in [4.69, 9.17) is 9.47 Å². The monoisotopic (exact) mass is 544 g/mol. The lowest BCUT2D eigenvalue weighted by Gasteiger charge is -2.22. The third-order valence-electron chi connectivity index (χ3n) is 7.62. The normalized spacial score (nSPS) is 20.8. The van der Waals surface area contributed by atoms with E-state index in [1.54, 1.807) is 12.1 Å². The molecule has 1 saturated carbocycles. The molecule has 7 heteroatoms. The molecule has 0 aromatic heterocycles. The standard InChI is InChI=1S/C32H48O7/c1-3-4-5-6-9-12-26(34)17-18-28-27(29(35)22-30(28)36)13-10-7-8-11-14-32(37)39-20-19-38-31-21-25(23-33)16-15-24(31)2/h7,10,15-16,21,23,27-30,35-36H,3-6,8-9,11-14,17-20,22H2,1-2H3/b10-7-/t27-,28-,29+,30-/m1/s1. The highest BCUT2D eigenvalue weighted by atomic mass is 16.6. The van der Waals surface area contributed by atoms with Crippen molar-refractivity contribution in [2.45, 2.75) is 110 Å². The van der Waals surface area contributed by atoms with Gasteiger partial charge in [-0.3, -0.25) is 14.4 Å². The first kappa shape index (κ1) is 32.7. The van der Waals surface area contributed by atoms with Crippen LogP contribution in [0.5, 0.6) is 5.75 Å². The van der Waals surface area contributed by atoms with E-state index in [9.17, 15) is 24.6 Å². The summed E-state index contributed by atoms with van der Waals surface area (Å²) in [5.74, 6) is 0.474. The molecule has 2 N–H and O–H groups in total. The fourth-order valence-corrected chi connectivity index (χ4v) is 5.24. The van der Waals surface area contributed by atoms with Gasteiger partial charge in [0.25, 0.3) is 0 Å². The topological polar surface area (TPSA) is 110 Å². The van der Waals surface area contributed by atoms with Crippen LogP contribution in [0.2, 0.25) is 0 Å². The van der Waals surface area contributed by atoms with Crippen molar-refractivity contribution in [2.75, 3.05) is 13.2 Å². The molecule has 39 heavy (non-hydrogen) atoms. The Labute approximate surface area is 234 Å². The fourth-order valence-electron chi connectivity index (χ4n) is 5.24. The predicted molar refractivity (Wildman–Crippen MR) is 152 cm³/mol. The number of rotatable bonds is 20. The molecule has 0 spiro atoms. The van der Waals surface area contributed by atoms with E-state index in [0.717, 1.165) is 31.1 Å². The first-order valence-corrected chi connectivity index (χ1v) is 14.7. The van der Waals surface area contributed by atoms with Crippen molar-refractivity contribution in [3.63, 3.8) is 0 Å². The van der Waals surface area contributed by atoms with Gasteiger partial charge in [0.2, 0.25) is 0 Å². The van der Waals surface area contributed by atoms with Crippen LogP contribution in [0.3, 0.4) is 0 Å². The third-order valence-corrected chi connectivity index (χ3v) is 7.62. The number of hydrogen-bond acceptors (Lipinski definition) is 7. The molecule has 0 radical (unpaired) electrons. The Kier molecular flexibility index (Phi) is 15.7. The maximum Gasteiger partial charge on any atom is 0.305 e. The summed E-state index contributed by atoms with van der Waals surface area (Å²) < 4.78 is 10.8. The van der Waals surface area contributed by atoms with Crippen LogP contribution < -0.4 is 4.74 Å². The van der Waals surface area contributed by atoms with E-state index >= 15 is 0 Å². The van der Waals surface area contributed by atoms with Crippen LogP contribution in [0, 0.1) is 18.8 Å². The summed E-state index contributed by atoms with van der Waals surface area (Å²) in [7, 11) is 0. The number of esters is 1. The van der Waals surface area contributed by atoms with Crippen LogP contribution >= 0.6 is 0 Å². The summed E-state index contributed by atoms with van der Waals surface area (Å²) in [5, 5.41) is 20.9. The minimum absolute atomic E-state index is 0.0468. The van der Waals surface area contributed by atoms with Gasteiger partial charge in [-0.2, -0.15) is 0 Å². The van der Waals surface area contributed by atoms with Gasteiger partial charge in [-0.05, 0) is 68.9 Å². The molecule has 1 aliphatic carbocycles. The van der Waals surface area contributed by atoms with E-state index in [2.05, 4.69) is 6.92 Å². The summed E-state index contributed by atoms with van der Waals surface area (Å²) >= 11 is 0. The Morgan fingerprint density at radius 2 is 1.72 bits per heavy atom. The highest BCUT2D eigenvalue weighted by Crippen LogP contribution is 2.38. The predicted octanol–water partition coefficient (Wildman–Crippen LogP) is 5.91. The third kappa shape index (κ3) is 12.5. The lowest BCUT2D eigenvalue weighted by molar-refractivity contribution is -0.144. The van der Waals surface area contributed by atoms with E-state index in [1.165, 1.54) is 19.3 Å². The maximum atomic E-state index is 12.3. The van der Waals surface area contributed by atoms with Crippen molar-refractivity contribution in [1.29, 1.82) is 0 Å². The number of unbranched alkanes of at least 4 members (excludes halogenated alkanes) is 5. The molecular formula is C32H48O7. The van der Waals surface area contributed by atoms with E-state index in [0.29, 0.717) is 56.3 Å². The highest BCUT2D eigenvalue weighted by Gasteiger charge is 2.40. The summed E-state index contributed by atoms with van der Waals surface area (Å²) in [6, 6.07) is 5.20. The molecule has 2 rings (SSSR count). The molecule has 1 aromatic rings. The first-order chi connectivity index (χ1) is 18.8. The van der Waals surface area contributed by atoms with Gasteiger partial charge in [-0.25, -0.2) is 0 Å². The van der Waals surface area contributed by atoms with Crippen LogP contribution in [0.4, 0.5) is 0 Å². The van der Waals surface area contributed by atoms with Crippen LogP contribution in [-0.4, -0.2) is 53.7 Å². The summed E-state index contributed by atoms with van der Waals surface area (Å²) in [4.78, 5) is 35.2. The number of aryl methyl sites for hydroxylation is 1. The van der Waals surface area contributed by atoms with Gasteiger partial charge in [0.1, 0.15) is 31.0 Å². The maximum absolute atomic E-state index is 12.3. The molecule has 1 fully saturated rings. The molecule has 0 amide bonds. The highest BCUT2D eigenvalue weighted by molar-refractivity contribution is 5.78. The molecule has 0 unspecified atom stereocenters. The number of hydrogen-bond donors (Lipinski definition) is 2. The number of aliphatic hydroxyl groups is 2. The largest absolute Gasteiger partial charge is 0.490 e. The van der Waals surface area contributed by atoms with Gasteiger partial charge in [-0.1, -0.05) is 56.9 Å². The van der Waals surface area contributed by atoms with Crippen molar-refractivity contribution in [1.82, 2.24) is 0 Å². The van der Waals surface area contributed by atoms with E-state index < -0.39 is 12.2 Å². The summed E-state index contributed by atoms with van der Waals surface area (Å²) in [5.41, 5.74) is 1.44. The Hall–Kier alpha value is -2.51. The SMILES string of the molecule is CCCCCCCC(=O)CC[C@@H]1[C@@H](C/C=C\CCCC(=O)OCCOc2cc(C=O)ccc2C)[C@@H](O)C[C@H]1O. The van der Waals surface area contributed by atoms with Crippen molar-refractivity contribution in [3.8, 4) is 5.75 Å². The lowest BCUT2D eigenvalue weighted by atomic mass is 9.86. The van der Waals surface area contributed by atoms with Crippen molar-refractivity contribution < 1.29 is 34.1 Å². The first-order valence-electron chi connectivity index (χ1n) is 14.7. The quantitative estimate of drug-likeness (QED) is 0.0908. The molecular weight excluding hydrogens is 496 g/mol. The van der Waals surface area contributed by atoms with Gasteiger partial charge in [0.05, 0.1) is 12.2 Å². The van der Waals surface area contributed by atoms with Crippen LogP contribution in [0.15, 0.2) is 30.4 Å². The second-order valence-electron chi connectivity index (χ2n) is 10.8. The molecule has 1 aromatic carbocycles. The van der Waals surface area contributed by atoms with Gasteiger partial charge < -0.3 is 19.7 Å². The van der Waals surface area contributed by atoms with Gasteiger partial charge in [0.15, 0.2) is 0 Å². The number of ketones is 1. The number of ether oxygens (including phenoxy) is 2. The van der Waals surface area contributed by atoms with Gasteiger partial charge in [0, 0.05) is 24.8 Å². The molecule has 4 atom stereocenters. The number of Topliss-reactive ketones (excluding diaryl/α,β-unsaturated/α-hetero) is 1. The average Bonchev–Trinajstić information content (AvgIpc) is 3.19. The number of aldehydes is 1. The zero-order chi connectivity index (χ0) is 28.5. The van der Waals surface area contributed by atoms with Crippen molar-refractivity contribution in [2.24, 2.45) is 11.8 Å². The second kappa shape index (κ2) is 18.7. The number of carbonyl (C=O) groups excluding carboxylic acids is 3. The lowest BCUT2D eigenvalue weighted by Crippen LogP contribution is -2.22. The molecule has 0 aliphatic heterocycles. The zero-order valence-electron chi connectivity index (χ0n) is 23.8. The summed E-state index contributed by atoms with van der Waals surface area (Å²) in [6.45, 7) is 4.42. The van der Waals surface area contributed by atoms with E-state index in [1.807, 2.05) is 25.1 Å². The molecule has 1 aliphatic rings. The molecule has 0 saturated heterocycles. The number of aliphatic hydroxyl groups excluding tert-OH is 2. The average molecular weight is 545 g/mol. The van der Waals surface area contributed by atoms with Crippen LogP contribution in [0.1, 0.15) is 106 Å². The number of carbonyl (C=O) groups is 3. The number of allylic oxidation sites excluding steroid dienone is 2. The van der Waals surface area contributed by atoms with Crippen molar-refractivity contribution in [3.05, 3.63) is 41.5 Å². The Morgan fingerprint density at radius 1 is 0.949 bits per heavy atom. The fraction of sp³-hybridized carbons (Fsp3) is 0.656. The Morgan fingerprint density at radius 3 is 2.49 bits per heavy atom. The molecule has 0 bridgehead atoms. The zero-order valence-corrected chi connectivity index (χ0v) is 23.8. The molecule has 7 nitrogen and oxygen atoms in total. The van der Waals surface area contributed by atoms with Gasteiger partial charge >= 0.3 is 5.97 Å². The van der Waals surface area contributed by atoms with Crippen LogP contribution in [-0.2, 0) is 14.3 Å². The van der Waals surface area contributed by atoms with E-state index in [-0.39, 0.29) is 36.8 Å². The smallest absolute Gasteiger partial charge is 0.305 e. The minimum Gasteiger partial charge on any atom is -0.490 e. The Balaban J connectivity index is 1.60. The molecule has 218 valence electrons. The summed E-state index contributed by atoms with van der Waals surface area (Å²) in [6.07, 6.45) is 13.7. The second-order valence-corrected chi connectivity index (χ2v) is 10.8. The van der Waals surface area contributed by atoms with Crippen molar-refractivity contribution >= 4 is 18.0 Å². The number of benzene rings is 1. The molecule has 0 heterocycles. The van der Waals surface area contributed by atoms with Crippen LogP contribution in [0.25, 0.3) is 0 Å².